The molecule has 0 aliphatic rings. The number of carboxylic acids is 1. The van der Waals surface area contributed by atoms with Crippen LogP contribution in [0.2, 0.25) is 0 Å². The van der Waals surface area contributed by atoms with Crippen LogP contribution >= 0.6 is 0 Å². The van der Waals surface area contributed by atoms with Crippen LogP contribution in [0.3, 0.4) is 0 Å². The van der Waals surface area contributed by atoms with Crippen molar-refractivity contribution < 1.29 is 19.4 Å². The van der Waals surface area contributed by atoms with Crippen LogP contribution in [0.1, 0.15) is 18.9 Å². The topological polar surface area (TPSA) is 66.8 Å². The van der Waals surface area contributed by atoms with Gasteiger partial charge in [-0.15, -0.1) is 0 Å². The van der Waals surface area contributed by atoms with E-state index in [0.29, 0.717) is 12.3 Å². The zero-order valence-corrected chi connectivity index (χ0v) is 11.3. The summed E-state index contributed by atoms with van der Waals surface area (Å²) in [7, 11) is 0. The van der Waals surface area contributed by atoms with Gasteiger partial charge in [0.1, 0.15) is 6.61 Å². The zero-order valence-electron chi connectivity index (χ0n) is 11.3. The third-order valence-corrected chi connectivity index (χ3v) is 2.63. The molecule has 1 aromatic carbocycles. The van der Waals surface area contributed by atoms with Crippen molar-refractivity contribution in [3.8, 4) is 0 Å². The van der Waals surface area contributed by atoms with E-state index in [2.05, 4.69) is 0 Å². The molecule has 1 aromatic rings. The van der Waals surface area contributed by atoms with Gasteiger partial charge in [0.05, 0.1) is 6.42 Å². The molecule has 0 saturated carbocycles. The van der Waals surface area contributed by atoms with E-state index in [1.165, 1.54) is 4.90 Å². The summed E-state index contributed by atoms with van der Waals surface area (Å²) < 4.78 is 5.09. The number of benzene rings is 1. The third-order valence-electron chi connectivity index (χ3n) is 2.63. The molecule has 1 N–H and O–H groups in total. The molecule has 0 saturated heterocycles. The highest BCUT2D eigenvalue weighted by Crippen LogP contribution is 2.16. The van der Waals surface area contributed by atoms with Gasteiger partial charge in [0.2, 0.25) is 0 Å². The van der Waals surface area contributed by atoms with Gasteiger partial charge in [-0.1, -0.05) is 17.7 Å². The minimum Gasteiger partial charge on any atom is -0.481 e. The predicted octanol–water partition coefficient (Wildman–Crippen LogP) is 1.84. The number of anilines is 1. The number of ether oxygens (including phenoxy) is 1. The number of carboxylic acid groups (broad SMARTS) is 1. The van der Waals surface area contributed by atoms with Gasteiger partial charge >= 0.3 is 5.97 Å². The maximum Gasteiger partial charge on any atom is 0.305 e. The Morgan fingerprint density at radius 2 is 1.89 bits per heavy atom. The molecule has 0 aromatic heterocycles. The maximum absolute atomic E-state index is 12.0. The minimum atomic E-state index is -0.929. The molecule has 0 bridgehead atoms. The van der Waals surface area contributed by atoms with Gasteiger partial charge in [-0.3, -0.25) is 9.59 Å². The monoisotopic (exact) mass is 265 g/mol. The smallest absolute Gasteiger partial charge is 0.305 e. The molecular formula is C14H19NO4. The Morgan fingerprint density at radius 3 is 2.42 bits per heavy atom. The normalized spacial score (nSPS) is 10.2. The number of aryl methyl sites for hydroxylation is 1. The molecule has 0 spiro atoms. The van der Waals surface area contributed by atoms with Gasteiger partial charge in [0.25, 0.3) is 5.91 Å². The van der Waals surface area contributed by atoms with Crippen LogP contribution in [-0.4, -0.2) is 36.7 Å². The Morgan fingerprint density at radius 1 is 1.26 bits per heavy atom. The number of aliphatic carboxylic acids is 1. The number of nitrogens with zero attached hydrogens (tertiary/aromatic N) is 1. The predicted molar refractivity (Wildman–Crippen MR) is 72.3 cm³/mol. The van der Waals surface area contributed by atoms with Gasteiger partial charge in [-0.05, 0) is 26.0 Å². The first-order valence-electron chi connectivity index (χ1n) is 6.21. The largest absolute Gasteiger partial charge is 0.481 e. The Bertz CT molecular complexity index is 428. The van der Waals surface area contributed by atoms with Crippen molar-refractivity contribution in [2.24, 2.45) is 0 Å². The van der Waals surface area contributed by atoms with Gasteiger partial charge in [-0.2, -0.15) is 0 Å². The molecule has 5 heteroatoms. The number of amides is 1. The Labute approximate surface area is 112 Å². The average Bonchev–Trinajstić information content (AvgIpc) is 2.38. The molecule has 0 heterocycles. The summed E-state index contributed by atoms with van der Waals surface area (Å²) in [6.45, 7) is 4.31. The van der Waals surface area contributed by atoms with Crippen molar-refractivity contribution in [2.75, 3.05) is 24.7 Å². The first kappa shape index (κ1) is 15.2. The second-order valence-electron chi connectivity index (χ2n) is 4.16. The third kappa shape index (κ3) is 5.09. The molecule has 1 rings (SSSR count). The fourth-order valence-electron chi connectivity index (χ4n) is 1.60. The maximum atomic E-state index is 12.0. The molecule has 0 fully saturated rings. The lowest BCUT2D eigenvalue weighted by atomic mass is 10.2. The van der Waals surface area contributed by atoms with Crippen LogP contribution < -0.4 is 4.90 Å². The number of hydrogen-bond acceptors (Lipinski definition) is 3. The van der Waals surface area contributed by atoms with Crippen LogP contribution in [0, 0.1) is 6.92 Å². The lowest BCUT2D eigenvalue weighted by molar-refractivity contribution is -0.136. The molecule has 1 amide bonds. The molecule has 104 valence electrons. The van der Waals surface area contributed by atoms with Crippen LogP contribution in [0.4, 0.5) is 5.69 Å². The number of carbonyl (C=O) groups excluding carboxylic acids is 1. The molecule has 0 aliphatic heterocycles. The van der Waals surface area contributed by atoms with E-state index in [-0.39, 0.29) is 25.5 Å². The molecule has 0 radical (unpaired) electrons. The summed E-state index contributed by atoms with van der Waals surface area (Å²) in [5, 5.41) is 8.74. The lowest BCUT2D eigenvalue weighted by Crippen LogP contribution is -2.35. The van der Waals surface area contributed by atoms with Crippen LogP contribution in [0.15, 0.2) is 24.3 Å². The quantitative estimate of drug-likeness (QED) is 0.817. The first-order valence-corrected chi connectivity index (χ1v) is 6.21. The zero-order chi connectivity index (χ0) is 14.3. The van der Waals surface area contributed by atoms with E-state index in [1.54, 1.807) is 19.1 Å². The van der Waals surface area contributed by atoms with Crippen molar-refractivity contribution in [1.29, 1.82) is 0 Å². The molecule has 0 unspecified atom stereocenters. The Balaban J connectivity index is 2.81. The SMILES string of the molecule is CCOCC(=O)N(CCC(=O)O)c1ccc(C)cc1. The van der Waals surface area contributed by atoms with Crippen molar-refractivity contribution in [2.45, 2.75) is 20.3 Å². The van der Waals surface area contributed by atoms with Gasteiger partial charge in [0.15, 0.2) is 0 Å². The van der Waals surface area contributed by atoms with Gasteiger partial charge < -0.3 is 14.7 Å². The first-order chi connectivity index (χ1) is 9.04. The van der Waals surface area contributed by atoms with E-state index in [1.807, 2.05) is 19.1 Å². The van der Waals surface area contributed by atoms with Crippen LogP contribution in [-0.2, 0) is 14.3 Å². The standard InChI is InChI=1S/C14H19NO4/c1-3-19-10-13(16)15(9-8-14(17)18)12-6-4-11(2)5-7-12/h4-7H,3,8-10H2,1-2H3,(H,17,18). The minimum absolute atomic E-state index is 0.0377. The van der Waals surface area contributed by atoms with Gasteiger partial charge in [-0.25, -0.2) is 0 Å². The lowest BCUT2D eigenvalue weighted by Gasteiger charge is -2.22. The highest BCUT2D eigenvalue weighted by Gasteiger charge is 2.16. The second kappa shape index (κ2) is 7.53. The van der Waals surface area contributed by atoms with E-state index in [4.69, 9.17) is 9.84 Å². The molecular weight excluding hydrogens is 246 g/mol. The molecule has 0 aliphatic carbocycles. The van der Waals surface area contributed by atoms with E-state index in [0.717, 1.165) is 5.56 Å². The Hall–Kier alpha value is -1.88. The van der Waals surface area contributed by atoms with E-state index < -0.39 is 5.97 Å². The molecule has 0 atom stereocenters. The average molecular weight is 265 g/mol. The molecule has 5 nitrogen and oxygen atoms in total. The second-order valence-corrected chi connectivity index (χ2v) is 4.16. The van der Waals surface area contributed by atoms with Crippen molar-refractivity contribution >= 4 is 17.6 Å². The highest BCUT2D eigenvalue weighted by atomic mass is 16.5. The fraction of sp³-hybridized carbons (Fsp3) is 0.429. The van der Waals surface area contributed by atoms with E-state index in [9.17, 15) is 9.59 Å². The molecule has 19 heavy (non-hydrogen) atoms. The van der Waals surface area contributed by atoms with E-state index >= 15 is 0 Å². The summed E-state index contributed by atoms with van der Waals surface area (Å²) in [5.74, 6) is -1.16. The fourth-order valence-corrected chi connectivity index (χ4v) is 1.60. The van der Waals surface area contributed by atoms with Crippen molar-refractivity contribution in [1.82, 2.24) is 0 Å². The highest BCUT2D eigenvalue weighted by molar-refractivity contribution is 5.94. The van der Waals surface area contributed by atoms with Crippen molar-refractivity contribution in [3.63, 3.8) is 0 Å². The van der Waals surface area contributed by atoms with Crippen LogP contribution in [0.25, 0.3) is 0 Å². The summed E-state index contributed by atoms with van der Waals surface area (Å²) >= 11 is 0. The summed E-state index contributed by atoms with van der Waals surface area (Å²) in [5.41, 5.74) is 1.77. The van der Waals surface area contributed by atoms with Gasteiger partial charge in [0, 0.05) is 18.8 Å². The van der Waals surface area contributed by atoms with Crippen molar-refractivity contribution in [3.05, 3.63) is 29.8 Å². The summed E-state index contributed by atoms with van der Waals surface area (Å²) in [6, 6.07) is 7.39. The number of rotatable bonds is 7. The Kier molecular flexibility index (Phi) is 6.02. The summed E-state index contributed by atoms with van der Waals surface area (Å²) in [4.78, 5) is 24.1. The summed E-state index contributed by atoms with van der Waals surface area (Å²) in [6.07, 6.45) is -0.0915. The number of carbonyl (C=O) groups is 2. The number of hydrogen-bond donors (Lipinski definition) is 1. The van der Waals surface area contributed by atoms with Crippen LogP contribution in [0.5, 0.6) is 0 Å².